The van der Waals surface area contributed by atoms with Crippen molar-refractivity contribution in [3.63, 3.8) is 0 Å². The molecule has 5 nitrogen and oxygen atoms in total. The molecule has 1 N–H and O–H groups in total. The molecule has 0 unspecified atom stereocenters. The number of halogens is 1. The summed E-state index contributed by atoms with van der Waals surface area (Å²) >= 11 is 3.31. The van der Waals surface area contributed by atoms with Crippen LogP contribution in [0.5, 0.6) is 0 Å². The highest BCUT2D eigenvalue weighted by Gasteiger charge is 2.23. The molecule has 0 saturated heterocycles. The number of carbonyl (C=O) groups is 1. The van der Waals surface area contributed by atoms with Crippen LogP contribution in [0.3, 0.4) is 0 Å². The molecule has 0 saturated carbocycles. The van der Waals surface area contributed by atoms with E-state index in [2.05, 4.69) is 21.2 Å². The van der Waals surface area contributed by atoms with E-state index in [1.165, 1.54) is 4.31 Å². The lowest BCUT2D eigenvalue weighted by atomic mass is 10.1. The lowest BCUT2D eigenvalue weighted by Gasteiger charge is -2.19. The highest BCUT2D eigenvalue weighted by Crippen LogP contribution is 2.24. The third-order valence-electron chi connectivity index (χ3n) is 3.69. The van der Waals surface area contributed by atoms with Crippen molar-refractivity contribution < 1.29 is 13.2 Å². The van der Waals surface area contributed by atoms with Crippen molar-refractivity contribution >= 4 is 31.9 Å². The van der Waals surface area contributed by atoms with Gasteiger partial charge in [-0.1, -0.05) is 34.1 Å². The van der Waals surface area contributed by atoms with Gasteiger partial charge in [0.05, 0.1) is 4.90 Å². The van der Waals surface area contributed by atoms with E-state index in [1.807, 2.05) is 6.07 Å². The van der Waals surface area contributed by atoms with Gasteiger partial charge in [-0.05, 0) is 42.3 Å². The summed E-state index contributed by atoms with van der Waals surface area (Å²) < 4.78 is 27.6. The number of benzene rings is 2. The number of hydrogen-bond acceptors (Lipinski definition) is 3. The van der Waals surface area contributed by atoms with E-state index in [0.717, 1.165) is 10.0 Å². The van der Waals surface area contributed by atoms with Crippen molar-refractivity contribution in [2.45, 2.75) is 18.4 Å². The Morgan fingerprint density at radius 1 is 1.17 bits per heavy atom. The van der Waals surface area contributed by atoms with Crippen LogP contribution in [0.1, 0.15) is 21.5 Å². The van der Waals surface area contributed by atoms with E-state index >= 15 is 0 Å². The summed E-state index contributed by atoms with van der Waals surface area (Å²) in [6.45, 7) is 1.99. The monoisotopic (exact) mass is 410 g/mol. The maximum atomic E-state index is 12.8. The Morgan fingerprint density at radius 2 is 1.79 bits per heavy atom. The van der Waals surface area contributed by atoms with Crippen LogP contribution in [-0.2, 0) is 16.6 Å². The fourth-order valence-corrected chi connectivity index (χ4v) is 4.19. The van der Waals surface area contributed by atoms with Gasteiger partial charge in [0.1, 0.15) is 0 Å². The minimum Gasteiger partial charge on any atom is -0.355 e. The molecule has 2 aromatic rings. The van der Waals surface area contributed by atoms with Gasteiger partial charge in [-0.25, -0.2) is 8.42 Å². The normalized spacial score (nSPS) is 11.5. The molecule has 0 aliphatic heterocycles. The molecule has 128 valence electrons. The molecule has 24 heavy (non-hydrogen) atoms. The lowest BCUT2D eigenvalue weighted by Crippen LogP contribution is -2.27. The van der Waals surface area contributed by atoms with Gasteiger partial charge in [0, 0.05) is 30.7 Å². The first-order valence-electron chi connectivity index (χ1n) is 7.29. The van der Waals surface area contributed by atoms with Crippen LogP contribution in [0.4, 0.5) is 0 Å². The number of rotatable bonds is 5. The number of nitrogens with zero attached hydrogens (tertiary/aromatic N) is 1. The number of hydrogen-bond donors (Lipinski definition) is 1. The predicted molar refractivity (Wildman–Crippen MR) is 97.4 cm³/mol. The van der Waals surface area contributed by atoms with Crippen LogP contribution >= 0.6 is 15.9 Å². The van der Waals surface area contributed by atoms with Gasteiger partial charge in [0.2, 0.25) is 10.0 Å². The highest BCUT2D eigenvalue weighted by atomic mass is 79.9. The molecule has 0 fully saturated rings. The average Bonchev–Trinajstić information content (AvgIpc) is 2.56. The summed E-state index contributed by atoms with van der Waals surface area (Å²) in [6, 6.07) is 12.1. The molecular weight excluding hydrogens is 392 g/mol. The third kappa shape index (κ3) is 4.03. The molecule has 0 radical (unpaired) electrons. The summed E-state index contributed by atoms with van der Waals surface area (Å²) in [5, 5.41) is 2.55. The lowest BCUT2D eigenvalue weighted by molar-refractivity contribution is 0.0963. The Balaban J connectivity index is 2.23. The predicted octanol–water partition coefficient (Wildman–Crippen LogP) is 2.94. The van der Waals surface area contributed by atoms with E-state index in [-0.39, 0.29) is 17.3 Å². The van der Waals surface area contributed by atoms with E-state index < -0.39 is 10.0 Å². The van der Waals surface area contributed by atoms with Crippen LogP contribution in [0.25, 0.3) is 0 Å². The van der Waals surface area contributed by atoms with Crippen molar-refractivity contribution in [2.75, 3.05) is 14.1 Å². The highest BCUT2D eigenvalue weighted by molar-refractivity contribution is 9.10. The molecule has 0 atom stereocenters. The van der Waals surface area contributed by atoms with Crippen LogP contribution in [0.15, 0.2) is 51.8 Å². The Labute approximate surface area is 150 Å². The smallest absolute Gasteiger partial charge is 0.251 e. The number of amides is 1. The molecule has 0 heterocycles. The SMILES string of the molecule is CNC(=O)c1ccc(CN(C)S(=O)(=O)c2cc(Br)ccc2C)cc1. The molecule has 0 aromatic heterocycles. The average molecular weight is 411 g/mol. The number of sulfonamides is 1. The Bertz CT molecular complexity index is 849. The quantitative estimate of drug-likeness (QED) is 0.823. The van der Waals surface area contributed by atoms with Crippen LogP contribution in [-0.4, -0.2) is 32.7 Å². The van der Waals surface area contributed by atoms with Crippen LogP contribution < -0.4 is 5.32 Å². The van der Waals surface area contributed by atoms with Gasteiger partial charge < -0.3 is 5.32 Å². The molecule has 0 aliphatic carbocycles. The van der Waals surface area contributed by atoms with Gasteiger partial charge in [-0.2, -0.15) is 4.31 Å². The molecule has 0 spiro atoms. The standard InChI is InChI=1S/C17H19BrN2O3S/c1-12-4-9-15(18)10-16(12)24(22,23)20(3)11-13-5-7-14(8-6-13)17(21)19-2/h4-10H,11H2,1-3H3,(H,19,21). The van der Waals surface area contributed by atoms with Crippen molar-refractivity contribution in [3.05, 3.63) is 63.6 Å². The van der Waals surface area contributed by atoms with Gasteiger partial charge in [0.25, 0.3) is 5.91 Å². The molecule has 1 amide bonds. The number of aryl methyl sites for hydroxylation is 1. The molecule has 0 aliphatic rings. The zero-order valence-electron chi connectivity index (χ0n) is 13.7. The van der Waals surface area contributed by atoms with Gasteiger partial charge in [-0.3, -0.25) is 4.79 Å². The largest absolute Gasteiger partial charge is 0.355 e. The summed E-state index contributed by atoms with van der Waals surface area (Å²) in [5.74, 6) is -0.174. The van der Waals surface area contributed by atoms with Crippen molar-refractivity contribution in [1.82, 2.24) is 9.62 Å². The van der Waals surface area contributed by atoms with E-state index in [0.29, 0.717) is 11.1 Å². The summed E-state index contributed by atoms with van der Waals surface area (Å²) in [5.41, 5.74) is 2.04. The first-order valence-corrected chi connectivity index (χ1v) is 9.52. The number of nitrogens with one attached hydrogen (secondary N) is 1. The van der Waals surface area contributed by atoms with Crippen molar-refractivity contribution in [3.8, 4) is 0 Å². The Morgan fingerprint density at radius 3 is 2.38 bits per heavy atom. The minimum absolute atomic E-state index is 0.174. The number of carbonyl (C=O) groups excluding carboxylic acids is 1. The van der Waals surface area contributed by atoms with Crippen molar-refractivity contribution in [2.24, 2.45) is 0 Å². The Kier molecular flexibility index (Phi) is 5.79. The minimum atomic E-state index is -3.60. The molecule has 2 rings (SSSR count). The van der Waals surface area contributed by atoms with E-state index in [1.54, 1.807) is 57.4 Å². The fraction of sp³-hybridized carbons (Fsp3) is 0.235. The third-order valence-corrected chi connectivity index (χ3v) is 6.13. The van der Waals surface area contributed by atoms with Gasteiger partial charge in [-0.15, -0.1) is 0 Å². The molecule has 7 heteroatoms. The van der Waals surface area contributed by atoms with E-state index in [4.69, 9.17) is 0 Å². The Hall–Kier alpha value is -1.70. The van der Waals surface area contributed by atoms with Crippen LogP contribution in [0, 0.1) is 6.92 Å². The maximum absolute atomic E-state index is 12.8. The van der Waals surface area contributed by atoms with Gasteiger partial charge >= 0.3 is 0 Å². The maximum Gasteiger partial charge on any atom is 0.251 e. The molecule has 0 bridgehead atoms. The summed E-state index contributed by atoms with van der Waals surface area (Å²) in [6.07, 6.45) is 0. The van der Waals surface area contributed by atoms with Crippen molar-refractivity contribution in [1.29, 1.82) is 0 Å². The second-order valence-corrected chi connectivity index (χ2v) is 8.38. The first kappa shape index (κ1) is 18.6. The molecular formula is C17H19BrN2O3S. The zero-order valence-corrected chi connectivity index (χ0v) is 16.1. The zero-order chi connectivity index (χ0) is 17.9. The molecule has 2 aromatic carbocycles. The van der Waals surface area contributed by atoms with Gasteiger partial charge in [0.15, 0.2) is 0 Å². The fourth-order valence-electron chi connectivity index (χ4n) is 2.27. The summed E-state index contributed by atoms with van der Waals surface area (Å²) in [4.78, 5) is 11.8. The second-order valence-electron chi connectivity index (χ2n) is 5.45. The van der Waals surface area contributed by atoms with Crippen LogP contribution in [0.2, 0.25) is 0 Å². The summed E-state index contributed by atoms with van der Waals surface area (Å²) in [7, 11) is -0.487. The van der Waals surface area contributed by atoms with E-state index in [9.17, 15) is 13.2 Å². The topological polar surface area (TPSA) is 66.5 Å². The first-order chi connectivity index (χ1) is 11.3. The second kappa shape index (κ2) is 7.46.